The summed E-state index contributed by atoms with van der Waals surface area (Å²) in [6, 6.07) is 7.25. The van der Waals surface area contributed by atoms with Crippen molar-refractivity contribution < 1.29 is 9.59 Å². The molecule has 0 unspecified atom stereocenters. The third-order valence-electron chi connectivity index (χ3n) is 2.93. The van der Waals surface area contributed by atoms with Crippen molar-refractivity contribution in [2.24, 2.45) is 0 Å². The normalized spacial score (nSPS) is 16.2. The lowest BCUT2D eigenvalue weighted by atomic mass is 10.2. The van der Waals surface area contributed by atoms with Crippen molar-refractivity contribution in [2.75, 3.05) is 25.4 Å². The van der Waals surface area contributed by atoms with E-state index in [4.69, 9.17) is 5.73 Å². The lowest BCUT2D eigenvalue weighted by Crippen LogP contribution is -2.36. The SMILES string of the molecule is Nc1ccc(/C=C/C(=O)N2CCCNC(=O)C2)cc1. The number of benzene rings is 1. The van der Waals surface area contributed by atoms with E-state index in [9.17, 15) is 9.59 Å². The highest BCUT2D eigenvalue weighted by Gasteiger charge is 2.17. The Balaban J connectivity index is 1.99. The van der Waals surface area contributed by atoms with E-state index in [2.05, 4.69) is 5.32 Å². The second-order valence-corrected chi connectivity index (χ2v) is 4.46. The Kier molecular flexibility index (Phi) is 4.18. The first-order chi connectivity index (χ1) is 9.15. The van der Waals surface area contributed by atoms with Crippen molar-refractivity contribution in [1.29, 1.82) is 0 Å². The van der Waals surface area contributed by atoms with Crippen LogP contribution in [0, 0.1) is 0 Å². The minimum atomic E-state index is -0.145. The number of hydrogen-bond acceptors (Lipinski definition) is 3. The standard InChI is InChI=1S/C14H17N3O2/c15-12-5-2-11(3-6-12)4-7-14(19)17-9-1-8-16-13(18)10-17/h2-7H,1,8-10,15H2,(H,16,18)/b7-4+. The first-order valence-corrected chi connectivity index (χ1v) is 6.24. The predicted octanol–water partition coefficient (Wildman–Crippen LogP) is 0.630. The quantitative estimate of drug-likeness (QED) is 0.604. The summed E-state index contributed by atoms with van der Waals surface area (Å²) in [5.41, 5.74) is 7.18. The van der Waals surface area contributed by atoms with Gasteiger partial charge < -0.3 is 16.0 Å². The number of carbonyl (C=O) groups excluding carboxylic acids is 2. The van der Waals surface area contributed by atoms with Crippen LogP contribution in [-0.4, -0.2) is 36.3 Å². The molecule has 1 aromatic rings. The number of amides is 2. The van der Waals surface area contributed by atoms with Gasteiger partial charge in [0, 0.05) is 24.9 Å². The van der Waals surface area contributed by atoms with Gasteiger partial charge in [-0.25, -0.2) is 0 Å². The zero-order valence-corrected chi connectivity index (χ0v) is 10.6. The van der Waals surface area contributed by atoms with Crippen molar-refractivity contribution in [3.8, 4) is 0 Å². The molecule has 2 rings (SSSR count). The molecule has 5 nitrogen and oxygen atoms in total. The van der Waals surface area contributed by atoms with Crippen molar-refractivity contribution in [2.45, 2.75) is 6.42 Å². The number of anilines is 1. The first-order valence-electron chi connectivity index (χ1n) is 6.24. The summed E-state index contributed by atoms with van der Waals surface area (Å²) in [5, 5.41) is 2.74. The van der Waals surface area contributed by atoms with E-state index in [0.29, 0.717) is 18.8 Å². The van der Waals surface area contributed by atoms with E-state index >= 15 is 0 Å². The molecule has 0 radical (unpaired) electrons. The number of rotatable bonds is 2. The summed E-state index contributed by atoms with van der Waals surface area (Å²) < 4.78 is 0. The van der Waals surface area contributed by atoms with E-state index in [-0.39, 0.29) is 18.4 Å². The van der Waals surface area contributed by atoms with E-state index in [1.807, 2.05) is 12.1 Å². The zero-order chi connectivity index (χ0) is 13.7. The molecule has 19 heavy (non-hydrogen) atoms. The highest BCUT2D eigenvalue weighted by Crippen LogP contribution is 2.07. The fraction of sp³-hybridized carbons (Fsp3) is 0.286. The summed E-state index contributed by atoms with van der Waals surface area (Å²) in [5.74, 6) is -0.249. The van der Waals surface area contributed by atoms with Gasteiger partial charge in [-0.1, -0.05) is 12.1 Å². The number of nitrogens with one attached hydrogen (secondary N) is 1. The van der Waals surface area contributed by atoms with Crippen molar-refractivity contribution in [3.05, 3.63) is 35.9 Å². The molecule has 0 aromatic heterocycles. The van der Waals surface area contributed by atoms with Crippen LogP contribution in [0.25, 0.3) is 6.08 Å². The molecule has 1 aliphatic heterocycles. The summed E-state index contributed by atoms with van der Waals surface area (Å²) in [4.78, 5) is 24.9. The number of nitrogens with two attached hydrogens (primary N) is 1. The van der Waals surface area contributed by atoms with Crippen LogP contribution in [0.1, 0.15) is 12.0 Å². The third kappa shape index (κ3) is 3.84. The number of nitrogen functional groups attached to an aromatic ring is 1. The van der Waals surface area contributed by atoms with Crippen LogP contribution in [0.5, 0.6) is 0 Å². The van der Waals surface area contributed by atoms with Gasteiger partial charge in [-0.3, -0.25) is 9.59 Å². The first kappa shape index (κ1) is 13.1. The maximum atomic E-state index is 12.0. The fourth-order valence-corrected chi connectivity index (χ4v) is 1.87. The minimum Gasteiger partial charge on any atom is -0.399 e. The van der Waals surface area contributed by atoms with Gasteiger partial charge in [0.1, 0.15) is 0 Å². The largest absolute Gasteiger partial charge is 0.399 e. The molecule has 5 heteroatoms. The van der Waals surface area contributed by atoms with Gasteiger partial charge in [-0.2, -0.15) is 0 Å². The molecule has 1 heterocycles. The van der Waals surface area contributed by atoms with Gasteiger partial charge in [0.15, 0.2) is 0 Å². The molecular weight excluding hydrogens is 242 g/mol. The van der Waals surface area contributed by atoms with Gasteiger partial charge in [-0.15, -0.1) is 0 Å². The summed E-state index contributed by atoms with van der Waals surface area (Å²) in [6.07, 6.45) is 4.00. The van der Waals surface area contributed by atoms with Crippen molar-refractivity contribution in [3.63, 3.8) is 0 Å². The number of carbonyl (C=O) groups is 2. The zero-order valence-electron chi connectivity index (χ0n) is 10.6. The van der Waals surface area contributed by atoms with Crippen LogP contribution in [0.2, 0.25) is 0 Å². The van der Waals surface area contributed by atoms with Crippen LogP contribution in [-0.2, 0) is 9.59 Å². The molecule has 100 valence electrons. The smallest absolute Gasteiger partial charge is 0.247 e. The minimum absolute atomic E-state index is 0.105. The van der Waals surface area contributed by atoms with Crippen molar-refractivity contribution >= 4 is 23.6 Å². The number of nitrogens with zero attached hydrogens (tertiary/aromatic N) is 1. The highest BCUT2D eigenvalue weighted by molar-refractivity contribution is 5.94. The molecule has 1 aliphatic rings. The molecule has 0 bridgehead atoms. The Labute approximate surface area is 112 Å². The van der Waals surface area contributed by atoms with Gasteiger partial charge in [0.2, 0.25) is 11.8 Å². The van der Waals surface area contributed by atoms with Gasteiger partial charge >= 0.3 is 0 Å². The Morgan fingerprint density at radius 2 is 2.05 bits per heavy atom. The molecule has 3 N–H and O–H groups in total. The van der Waals surface area contributed by atoms with Crippen molar-refractivity contribution in [1.82, 2.24) is 10.2 Å². The average molecular weight is 259 g/mol. The molecule has 1 aromatic carbocycles. The van der Waals surface area contributed by atoms with Crippen LogP contribution in [0.3, 0.4) is 0 Å². The van der Waals surface area contributed by atoms with Gasteiger partial charge in [-0.05, 0) is 30.2 Å². The highest BCUT2D eigenvalue weighted by atomic mass is 16.2. The van der Waals surface area contributed by atoms with Gasteiger partial charge in [0.25, 0.3) is 0 Å². The van der Waals surface area contributed by atoms with Gasteiger partial charge in [0.05, 0.1) is 6.54 Å². The number of hydrogen-bond donors (Lipinski definition) is 2. The summed E-state index contributed by atoms with van der Waals surface area (Å²) >= 11 is 0. The second-order valence-electron chi connectivity index (χ2n) is 4.46. The fourth-order valence-electron chi connectivity index (χ4n) is 1.87. The molecule has 1 fully saturated rings. The maximum Gasteiger partial charge on any atom is 0.247 e. The molecule has 2 amide bonds. The molecule has 1 saturated heterocycles. The second kappa shape index (κ2) is 6.04. The third-order valence-corrected chi connectivity index (χ3v) is 2.93. The monoisotopic (exact) mass is 259 g/mol. The summed E-state index contributed by atoms with van der Waals surface area (Å²) in [6.45, 7) is 1.36. The topological polar surface area (TPSA) is 75.4 Å². The van der Waals surface area contributed by atoms with E-state index in [1.54, 1.807) is 23.1 Å². The van der Waals surface area contributed by atoms with E-state index in [1.165, 1.54) is 6.08 Å². The Morgan fingerprint density at radius 3 is 2.79 bits per heavy atom. The molecule has 0 aliphatic carbocycles. The summed E-state index contributed by atoms with van der Waals surface area (Å²) in [7, 11) is 0. The molecule has 0 atom stereocenters. The Morgan fingerprint density at radius 1 is 1.32 bits per heavy atom. The Hall–Kier alpha value is -2.30. The van der Waals surface area contributed by atoms with E-state index in [0.717, 1.165) is 12.0 Å². The average Bonchev–Trinajstić information content (AvgIpc) is 2.62. The lowest BCUT2D eigenvalue weighted by Gasteiger charge is -2.16. The lowest BCUT2D eigenvalue weighted by molar-refractivity contribution is -0.131. The maximum absolute atomic E-state index is 12.0. The van der Waals surface area contributed by atoms with Crippen LogP contribution >= 0.6 is 0 Å². The molecule has 0 saturated carbocycles. The molecular formula is C14H17N3O2. The van der Waals surface area contributed by atoms with Crippen LogP contribution < -0.4 is 11.1 Å². The van der Waals surface area contributed by atoms with Crippen LogP contribution in [0.4, 0.5) is 5.69 Å². The Bertz CT molecular complexity index is 494. The molecule has 0 spiro atoms. The van der Waals surface area contributed by atoms with Crippen LogP contribution in [0.15, 0.2) is 30.3 Å². The van der Waals surface area contributed by atoms with E-state index < -0.39 is 0 Å². The predicted molar refractivity (Wildman–Crippen MR) is 74.1 cm³/mol.